The summed E-state index contributed by atoms with van der Waals surface area (Å²) >= 11 is 1.37. The van der Waals surface area contributed by atoms with Crippen LogP contribution < -0.4 is 5.32 Å². The van der Waals surface area contributed by atoms with Crippen LogP contribution >= 0.6 is 11.8 Å². The molecule has 9 heteroatoms. The van der Waals surface area contributed by atoms with Crippen molar-refractivity contribution in [3.8, 4) is 0 Å². The molecule has 4 rings (SSSR count). The molecule has 2 aliphatic rings. The van der Waals surface area contributed by atoms with Gasteiger partial charge >= 0.3 is 6.09 Å². The van der Waals surface area contributed by atoms with Crippen molar-refractivity contribution in [2.45, 2.75) is 73.5 Å². The van der Waals surface area contributed by atoms with E-state index in [1.54, 1.807) is 12.3 Å². The van der Waals surface area contributed by atoms with Crippen molar-refractivity contribution in [3.05, 3.63) is 36.0 Å². The minimum Gasteiger partial charge on any atom is -0.464 e. The number of rotatable bonds is 6. The number of hydrogen-bond donors (Lipinski definition) is 6. The van der Waals surface area contributed by atoms with E-state index >= 15 is 0 Å². The lowest BCUT2D eigenvalue weighted by molar-refractivity contribution is -0.0753. The first kappa shape index (κ1) is 23.5. The van der Waals surface area contributed by atoms with E-state index in [1.807, 2.05) is 18.2 Å². The Morgan fingerprint density at radius 3 is 2.66 bits per heavy atom. The van der Waals surface area contributed by atoms with Gasteiger partial charge in [0.1, 0.15) is 6.10 Å². The molecular weight excluding hydrogens is 432 g/mol. The zero-order valence-electron chi connectivity index (χ0n) is 18.0. The van der Waals surface area contributed by atoms with E-state index in [0.29, 0.717) is 11.9 Å². The molecule has 1 aliphatic carbocycles. The molecule has 1 saturated heterocycles. The van der Waals surface area contributed by atoms with Gasteiger partial charge in [0.05, 0.1) is 29.6 Å². The molecule has 2 fully saturated rings. The maximum atomic E-state index is 11.6. The molecule has 0 amide bonds. The first-order valence-electron chi connectivity index (χ1n) is 11.2. The second-order valence-electron chi connectivity index (χ2n) is 9.09. The van der Waals surface area contributed by atoms with Crippen molar-refractivity contribution < 1.29 is 30.3 Å². The summed E-state index contributed by atoms with van der Waals surface area (Å²) in [6.07, 6.45) is 0.720. The highest BCUT2D eigenvalue weighted by atomic mass is 32.2. The van der Waals surface area contributed by atoms with Crippen molar-refractivity contribution in [2.24, 2.45) is 5.92 Å². The number of aliphatic hydroxyl groups excluding tert-OH is 4. The first-order valence-corrected chi connectivity index (χ1v) is 12.1. The minimum atomic E-state index is -1.26. The van der Waals surface area contributed by atoms with Gasteiger partial charge < -0.3 is 30.8 Å². The fourth-order valence-corrected chi connectivity index (χ4v) is 7.06. The van der Waals surface area contributed by atoms with Crippen LogP contribution in [-0.4, -0.2) is 83.7 Å². The Labute approximate surface area is 191 Å². The Morgan fingerprint density at radius 2 is 1.94 bits per heavy atom. The fourth-order valence-electron chi connectivity index (χ4n) is 5.40. The molecule has 32 heavy (non-hydrogen) atoms. The summed E-state index contributed by atoms with van der Waals surface area (Å²) in [4.78, 5) is 11.6. The normalized spacial score (nSPS) is 34.1. The van der Waals surface area contributed by atoms with Crippen molar-refractivity contribution in [1.29, 1.82) is 0 Å². The molecule has 6 N–H and O–H groups in total. The SMILES string of the molecule is C[C@H](Cc1cn(C(=O)O)c2ccccc12)NC1CCCC1[C@H]1S[C@H](CO)[C@H](O)[C@H](O)[C@H]1O. The number of aromatic nitrogens is 1. The average molecular weight is 465 g/mol. The highest BCUT2D eigenvalue weighted by Crippen LogP contribution is 2.43. The zero-order valence-corrected chi connectivity index (χ0v) is 18.9. The van der Waals surface area contributed by atoms with Gasteiger partial charge in [-0.05, 0) is 43.7 Å². The van der Waals surface area contributed by atoms with Gasteiger partial charge in [0.25, 0.3) is 0 Å². The van der Waals surface area contributed by atoms with Gasteiger partial charge in [-0.2, -0.15) is 0 Å². The molecule has 8 nitrogen and oxygen atoms in total. The Bertz CT molecular complexity index is 950. The highest BCUT2D eigenvalue weighted by molar-refractivity contribution is 8.00. The molecule has 1 aromatic heterocycles. The van der Waals surface area contributed by atoms with Crippen molar-refractivity contribution in [3.63, 3.8) is 0 Å². The topological polar surface area (TPSA) is 135 Å². The lowest BCUT2D eigenvalue weighted by atomic mass is 9.89. The molecule has 0 bridgehead atoms. The Kier molecular flexibility index (Phi) is 7.14. The lowest BCUT2D eigenvalue weighted by Gasteiger charge is -2.43. The van der Waals surface area contributed by atoms with E-state index in [2.05, 4.69) is 12.2 Å². The van der Waals surface area contributed by atoms with Gasteiger partial charge in [-0.3, -0.25) is 4.57 Å². The smallest absolute Gasteiger partial charge is 0.416 e. The van der Waals surface area contributed by atoms with Crippen molar-refractivity contribution in [1.82, 2.24) is 9.88 Å². The Hall–Kier alpha value is -1.62. The summed E-state index contributed by atoms with van der Waals surface area (Å²) in [5.74, 6) is 0.106. The molecule has 0 radical (unpaired) electrons. The molecule has 2 unspecified atom stereocenters. The number of para-hydroxylation sites is 1. The number of carbonyl (C=O) groups is 1. The summed E-state index contributed by atoms with van der Waals surface area (Å²) in [6, 6.07) is 7.68. The third kappa shape index (κ3) is 4.42. The number of nitrogens with one attached hydrogen (secondary N) is 1. The van der Waals surface area contributed by atoms with Gasteiger partial charge in [0, 0.05) is 28.9 Å². The van der Waals surface area contributed by atoms with Crippen LogP contribution in [0.1, 0.15) is 31.7 Å². The molecule has 1 aliphatic heterocycles. The van der Waals surface area contributed by atoms with E-state index in [-0.39, 0.29) is 29.9 Å². The number of carboxylic acid groups (broad SMARTS) is 1. The number of thioether (sulfide) groups is 1. The first-order chi connectivity index (χ1) is 15.3. The molecular formula is C23H32N2O6S. The van der Waals surface area contributed by atoms with Crippen LogP contribution in [0.4, 0.5) is 4.79 Å². The number of aliphatic hydroxyl groups is 4. The monoisotopic (exact) mass is 464 g/mol. The van der Waals surface area contributed by atoms with E-state index in [0.717, 1.165) is 30.2 Å². The van der Waals surface area contributed by atoms with Crippen LogP contribution in [0.2, 0.25) is 0 Å². The van der Waals surface area contributed by atoms with Crippen LogP contribution in [0.25, 0.3) is 10.9 Å². The summed E-state index contributed by atoms with van der Waals surface area (Å²) in [5.41, 5.74) is 1.63. The van der Waals surface area contributed by atoms with Gasteiger partial charge in [-0.1, -0.05) is 24.6 Å². The third-order valence-corrected chi connectivity index (χ3v) is 8.67. The van der Waals surface area contributed by atoms with E-state index in [4.69, 9.17) is 0 Å². The molecule has 1 saturated carbocycles. The van der Waals surface area contributed by atoms with Crippen LogP contribution in [0.3, 0.4) is 0 Å². The van der Waals surface area contributed by atoms with E-state index in [1.165, 1.54) is 16.3 Å². The van der Waals surface area contributed by atoms with Gasteiger partial charge in [0.15, 0.2) is 0 Å². The number of hydrogen-bond acceptors (Lipinski definition) is 7. The zero-order chi connectivity index (χ0) is 23.0. The predicted octanol–water partition coefficient (Wildman–Crippen LogP) is 1.42. The summed E-state index contributed by atoms with van der Waals surface area (Å²) in [7, 11) is 0. The third-order valence-electron chi connectivity index (χ3n) is 6.95. The Morgan fingerprint density at radius 1 is 1.19 bits per heavy atom. The standard InChI is InChI=1S/C23H32N2O6S/c1-12(9-13-10-25(23(30)31)17-8-3-2-5-14(13)17)24-16-7-4-6-15(16)22-21(29)20(28)19(27)18(11-26)32-22/h2-3,5,8,10,12,15-16,18-22,24,26-29H,4,6-7,9,11H2,1H3,(H,30,31)/t12-,15?,16?,18-,19+,20+,21-,22-/m1/s1. The van der Waals surface area contributed by atoms with E-state index in [9.17, 15) is 30.3 Å². The maximum absolute atomic E-state index is 11.6. The molecule has 8 atom stereocenters. The summed E-state index contributed by atoms with van der Waals surface area (Å²) < 4.78 is 1.26. The predicted molar refractivity (Wildman–Crippen MR) is 123 cm³/mol. The molecule has 2 aromatic rings. The van der Waals surface area contributed by atoms with Crippen molar-refractivity contribution in [2.75, 3.05) is 6.61 Å². The number of fused-ring (bicyclic) bond motifs is 1. The molecule has 2 heterocycles. The molecule has 1 aromatic carbocycles. The van der Waals surface area contributed by atoms with Crippen LogP contribution in [0.5, 0.6) is 0 Å². The average Bonchev–Trinajstić information content (AvgIpc) is 3.37. The second-order valence-corrected chi connectivity index (χ2v) is 10.5. The van der Waals surface area contributed by atoms with Gasteiger partial charge in [0.2, 0.25) is 0 Å². The second kappa shape index (κ2) is 9.70. The summed E-state index contributed by atoms with van der Waals surface area (Å²) in [5, 5.41) is 54.0. The minimum absolute atomic E-state index is 0.0727. The fraction of sp³-hybridized carbons (Fsp3) is 0.609. The largest absolute Gasteiger partial charge is 0.464 e. The molecule has 176 valence electrons. The van der Waals surface area contributed by atoms with Gasteiger partial charge in [-0.15, -0.1) is 11.8 Å². The van der Waals surface area contributed by atoms with Crippen LogP contribution in [0, 0.1) is 5.92 Å². The maximum Gasteiger partial charge on any atom is 0.416 e. The Balaban J connectivity index is 1.47. The quantitative estimate of drug-likeness (QED) is 0.378. The number of benzene rings is 1. The van der Waals surface area contributed by atoms with Crippen molar-refractivity contribution >= 4 is 28.8 Å². The summed E-state index contributed by atoms with van der Waals surface area (Å²) in [6.45, 7) is 1.82. The number of nitrogens with zero attached hydrogens (tertiary/aromatic N) is 1. The van der Waals surface area contributed by atoms with Gasteiger partial charge in [-0.25, -0.2) is 4.79 Å². The van der Waals surface area contributed by atoms with Crippen LogP contribution in [0.15, 0.2) is 30.5 Å². The molecule has 0 spiro atoms. The van der Waals surface area contributed by atoms with E-state index < -0.39 is 29.7 Å². The highest BCUT2D eigenvalue weighted by Gasteiger charge is 2.48. The lowest BCUT2D eigenvalue weighted by Crippen LogP contribution is -2.57. The van der Waals surface area contributed by atoms with Crippen LogP contribution in [-0.2, 0) is 6.42 Å².